The molecule has 0 aliphatic carbocycles. The summed E-state index contributed by atoms with van der Waals surface area (Å²) in [6.07, 6.45) is 2.46. The Morgan fingerprint density at radius 3 is 2.69 bits per heavy atom. The molecule has 5 heteroatoms. The molecule has 0 saturated carbocycles. The first kappa shape index (κ1) is 12.7. The third-order valence-electron chi connectivity index (χ3n) is 2.62. The summed E-state index contributed by atoms with van der Waals surface area (Å²) in [7, 11) is 1.81. The van der Waals surface area contributed by atoms with Gasteiger partial charge in [-0.3, -0.25) is 9.48 Å². The predicted octanol–water partition coefficient (Wildman–Crippen LogP) is 0.573. The Bertz CT molecular complexity index is 354. The van der Waals surface area contributed by atoms with Crippen molar-refractivity contribution >= 4 is 5.91 Å². The van der Waals surface area contributed by atoms with Gasteiger partial charge >= 0.3 is 0 Å². The van der Waals surface area contributed by atoms with Crippen LogP contribution in [-0.2, 0) is 7.05 Å². The van der Waals surface area contributed by atoms with Crippen LogP contribution in [0.25, 0.3) is 0 Å². The molecule has 0 aliphatic rings. The minimum atomic E-state index is -0.0542. The number of hydrogen-bond acceptors (Lipinski definition) is 3. The third kappa shape index (κ3) is 2.61. The molecule has 1 amide bonds. The first-order valence-corrected chi connectivity index (χ1v) is 5.50. The van der Waals surface area contributed by atoms with Crippen molar-refractivity contribution in [1.82, 2.24) is 14.7 Å². The Hall–Kier alpha value is -1.36. The number of amides is 1. The minimum Gasteiger partial charge on any atom is -0.395 e. The minimum absolute atomic E-state index is 0.00888. The average molecular weight is 225 g/mol. The maximum Gasteiger partial charge on any atom is 0.257 e. The Balaban J connectivity index is 2.85. The van der Waals surface area contributed by atoms with E-state index in [9.17, 15) is 4.79 Å². The van der Waals surface area contributed by atoms with Gasteiger partial charge in [-0.15, -0.1) is 0 Å². The van der Waals surface area contributed by atoms with Gasteiger partial charge in [0.25, 0.3) is 5.91 Å². The molecule has 1 aromatic rings. The van der Waals surface area contributed by atoms with Gasteiger partial charge in [-0.25, -0.2) is 0 Å². The first-order chi connectivity index (χ1) is 7.61. The number of hydrogen-bond donors (Lipinski definition) is 1. The van der Waals surface area contributed by atoms with Crippen LogP contribution in [0, 0.1) is 6.92 Å². The van der Waals surface area contributed by atoms with E-state index >= 15 is 0 Å². The molecule has 0 atom stereocenters. The van der Waals surface area contributed by atoms with E-state index in [1.807, 2.05) is 20.9 Å². The van der Waals surface area contributed by atoms with E-state index in [0.29, 0.717) is 18.7 Å². The lowest BCUT2D eigenvalue weighted by Crippen LogP contribution is -2.34. The number of carbonyl (C=O) groups excluding carboxylic acids is 1. The van der Waals surface area contributed by atoms with Crippen LogP contribution < -0.4 is 0 Å². The normalized spacial score (nSPS) is 10.5. The standard InChI is InChI=1S/C11H19N3O2/c1-4-5-14(6-7-15)11(16)10-8-12-13(3)9(10)2/h8,15H,4-7H2,1-3H3. The van der Waals surface area contributed by atoms with Crippen LogP contribution in [0.2, 0.25) is 0 Å². The fourth-order valence-corrected chi connectivity index (χ4v) is 1.58. The van der Waals surface area contributed by atoms with Crippen LogP contribution in [0.15, 0.2) is 6.20 Å². The predicted molar refractivity (Wildman–Crippen MR) is 61.2 cm³/mol. The largest absolute Gasteiger partial charge is 0.395 e. The molecular formula is C11H19N3O2. The van der Waals surface area contributed by atoms with Crippen LogP contribution >= 0.6 is 0 Å². The van der Waals surface area contributed by atoms with Crippen molar-refractivity contribution in [3.05, 3.63) is 17.5 Å². The molecule has 0 aromatic carbocycles. The molecule has 0 fully saturated rings. The van der Waals surface area contributed by atoms with Gasteiger partial charge in [0.05, 0.1) is 18.4 Å². The summed E-state index contributed by atoms with van der Waals surface area (Å²) in [6.45, 7) is 4.90. The van der Waals surface area contributed by atoms with Crippen molar-refractivity contribution in [2.24, 2.45) is 7.05 Å². The van der Waals surface area contributed by atoms with Crippen molar-refractivity contribution in [2.75, 3.05) is 19.7 Å². The van der Waals surface area contributed by atoms with Gasteiger partial charge in [-0.1, -0.05) is 6.92 Å². The summed E-state index contributed by atoms with van der Waals surface area (Å²) in [6, 6.07) is 0. The maximum absolute atomic E-state index is 12.1. The van der Waals surface area contributed by atoms with E-state index in [4.69, 9.17) is 5.11 Å². The van der Waals surface area contributed by atoms with E-state index in [1.165, 1.54) is 0 Å². The van der Waals surface area contributed by atoms with E-state index in [2.05, 4.69) is 5.10 Å². The molecule has 5 nitrogen and oxygen atoms in total. The first-order valence-electron chi connectivity index (χ1n) is 5.50. The van der Waals surface area contributed by atoms with Gasteiger partial charge in [-0.2, -0.15) is 5.10 Å². The highest BCUT2D eigenvalue weighted by Crippen LogP contribution is 2.09. The van der Waals surface area contributed by atoms with Gasteiger partial charge in [-0.05, 0) is 13.3 Å². The summed E-state index contributed by atoms with van der Waals surface area (Å²) < 4.78 is 1.68. The molecular weight excluding hydrogens is 206 g/mol. The summed E-state index contributed by atoms with van der Waals surface area (Å²) in [5.41, 5.74) is 1.47. The van der Waals surface area contributed by atoms with E-state index < -0.39 is 0 Å². The molecule has 1 aromatic heterocycles. The van der Waals surface area contributed by atoms with Gasteiger partial charge < -0.3 is 10.0 Å². The molecule has 0 bridgehead atoms. The average Bonchev–Trinajstić information content (AvgIpc) is 2.59. The van der Waals surface area contributed by atoms with Crippen LogP contribution in [0.5, 0.6) is 0 Å². The van der Waals surface area contributed by atoms with E-state index in [-0.39, 0.29) is 12.5 Å². The number of carbonyl (C=O) groups is 1. The number of aromatic nitrogens is 2. The van der Waals surface area contributed by atoms with Crippen molar-refractivity contribution in [3.63, 3.8) is 0 Å². The Morgan fingerprint density at radius 1 is 1.56 bits per heavy atom. The summed E-state index contributed by atoms with van der Waals surface area (Å²) >= 11 is 0. The maximum atomic E-state index is 12.1. The molecule has 0 unspecified atom stereocenters. The lowest BCUT2D eigenvalue weighted by atomic mass is 10.2. The Labute approximate surface area is 95.7 Å². The second kappa shape index (κ2) is 5.65. The van der Waals surface area contributed by atoms with Crippen LogP contribution in [0.3, 0.4) is 0 Å². The third-order valence-corrected chi connectivity index (χ3v) is 2.62. The molecule has 1 heterocycles. The summed E-state index contributed by atoms with van der Waals surface area (Å²) in [4.78, 5) is 13.8. The summed E-state index contributed by atoms with van der Waals surface area (Å²) in [5, 5.41) is 13.0. The zero-order valence-electron chi connectivity index (χ0n) is 10.1. The number of aliphatic hydroxyl groups excluding tert-OH is 1. The smallest absolute Gasteiger partial charge is 0.257 e. The van der Waals surface area contributed by atoms with Crippen LogP contribution in [0.4, 0.5) is 0 Å². The molecule has 0 spiro atoms. The lowest BCUT2D eigenvalue weighted by Gasteiger charge is -2.20. The Morgan fingerprint density at radius 2 is 2.25 bits per heavy atom. The summed E-state index contributed by atoms with van der Waals surface area (Å²) in [5.74, 6) is -0.0542. The van der Waals surface area contributed by atoms with Crippen LogP contribution in [-0.4, -0.2) is 45.4 Å². The molecule has 0 aliphatic heterocycles. The van der Waals surface area contributed by atoms with Crippen LogP contribution in [0.1, 0.15) is 29.4 Å². The fourth-order valence-electron chi connectivity index (χ4n) is 1.58. The van der Waals surface area contributed by atoms with Gasteiger partial charge in [0.1, 0.15) is 0 Å². The Kier molecular flexibility index (Phi) is 4.49. The highest BCUT2D eigenvalue weighted by Gasteiger charge is 2.18. The number of nitrogens with zero attached hydrogens (tertiary/aromatic N) is 3. The van der Waals surface area contributed by atoms with Gasteiger partial charge in [0, 0.05) is 25.8 Å². The second-order valence-corrected chi connectivity index (χ2v) is 3.78. The molecule has 0 radical (unpaired) electrons. The topological polar surface area (TPSA) is 58.4 Å². The van der Waals surface area contributed by atoms with E-state index in [0.717, 1.165) is 12.1 Å². The SMILES string of the molecule is CCCN(CCO)C(=O)c1cnn(C)c1C. The number of aliphatic hydroxyl groups is 1. The zero-order chi connectivity index (χ0) is 12.1. The van der Waals surface area contributed by atoms with E-state index in [1.54, 1.807) is 15.8 Å². The molecule has 0 saturated heterocycles. The molecule has 1 rings (SSSR count). The van der Waals surface area contributed by atoms with Crippen molar-refractivity contribution in [1.29, 1.82) is 0 Å². The fraction of sp³-hybridized carbons (Fsp3) is 0.636. The second-order valence-electron chi connectivity index (χ2n) is 3.78. The van der Waals surface area contributed by atoms with Crippen molar-refractivity contribution < 1.29 is 9.90 Å². The molecule has 90 valence electrons. The molecule has 16 heavy (non-hydrogen) atoms. The highest BCUT2D eigenvalue weighted by molar-refractivity contribution is 5.95. The van der Waals surface area contributed by atoms with Crippen molar-refractivity contribution in [3.8, 4) is 0 Å². The number of aryl methyl sites for hydroxylation is 1. The zero-order valence-corrected chi connectivity index (χ0v) is 10.1. The molecule has 1 N–H and O–H groups in total. The monoisotopic (exact) mass is 225 g/mol. The van der Waals surface area contributed by atoms with Gasteiger partial charge in [0.2, 0.25) is 0 Å². The highest BCUT2D eigenvalue weighted by atomic mass is 16.3. The quantitative estimate of drug-likeness (QED) is 0.797. The van der Waals surface area contributed by atoms with Gasteiger partial charge in [0.15, 0.2) is 0 Å². The van der Waals surface area contributed by atoms with Crippen molar-refractivity contribution in [2.45, 2.75) is 20.3 Å². The lowest BCUT2D eigenvalue weighted by molar-refractivity contribution is 0.0721. The number of rotatable bonds is 5.